The van der Waals surface area contributed by atoms with Crippen molar-refractivity contribution in [1.29, 1.82) is 0 Å². The van der Waals surface area contributed by atoms with Crippen LogP contribution in [0.5, 0.6) is 0 Å². The minimum absolute atomic E-state index is 0.427. The molecule has 0 aromatic carbocycles. The van der Waals surface area contributed by atoms with Crippen molar-refractivity contribution in [1.82, 2.24) is 9.97 Å². The molecule has 1 unspecified atom stereocenters. The van der Waals surface area contributed by atoms with Gasteiger partial charge in [0.1, 0.15) is 16.6 Å². The van der Waals surface area contributed by atoms with E-state index < -0.39 is 11.2 Å². The molecule has 0 aliphatic carbocycles. The number of carbonyl (C=O) groups is 1. The number of nitrogens with zero attached hydrogens (tertiary/aromatic N) is 2. The second-order valence-electron chi connectivity index (χ2n) is 2.85. The number of aryl methyl sites for hydroxylation is 1. The van der Waals surface area contributed by atoms with Crippen molar-refractivity contribution >= 4 is 17.7 Å². The summed E-state index contributed by atoms with van der Waals surface area (Å²) in [5, 5.41) is 9.13. The van der Waals surface area contributed by atoms with Crippen LogP contribution in [0.3, 0.4) is 0 Å². The predicted octanol–water partition coefficient (Wildman–Crippen LogP) is 1.74. The molecule has 76 valence electrons. The number of aromatic nitrogens is 2. The van der Waals surface area contributed by atoms with E-state index in [4.69, 9.17) is 5.11 Å². The van der Waals surface area contributed by atoms with Gasteiger partial charge < -0.3 is 5.11 Å². The molecule has 4 nitrogen and oxygen atoms in total. The summed E-state index contributed by atoms with van der Waals surface area (Å²) < 4.78 is 0. The van der Waals surface area contributed by atoms with Gasteiger partial charge in [-0.3, -0.25) is 4.79 Å². The van der Waals surface area contributed by atoms with Crippen LogP contribution >= 0.6 is 11.8 Å². The van der Waals surface area contributed by atoms with Crippen molar-refractivity contribution in [2.24, 2.45) is 0 Å². The molecule has 0 aliphatic heterocycles. The zero-order valence-electron chi connectivity index (χ0n) is 8.10. The molecule has 1 heterocycles. The Balaban J connectivity index is 2.72. The SMILES string of the molecule is CCC(Sc1cc(C)ncn1)C(=O)O. The molecule has 1 atom stereocenters. The summed E-state index contributed by atoms with van der Waals surface area (Å²) in [6.45, 7) is 3.70. The molecule has 0 radical (unpaired) electrons. The van der Waals surface area contributed by atoms with Gasteiger partial charge in [0.05, 0.1) is 0 Å². The number of thioether (sulfide) groups is 1. The van der Waals surface area contributed by atoms with E-state index in [0.29, 0.717) is 11.4 Å². The second kappa shape index (κ2) is 4.95. The van der Waals surface area contributed by atoms with Crippen LogP contribution in [0.15, 0.2) is 17.4 Å². The molecular formula is C9H12N2O2S. The monoisotopic (exact) mass is 212 g/mol. The van der Waals surface area contributed by atoms with Crippen molar-refractivity contribution in [2.45, 2.75) is 30.5 Å². The largest absolute Gasteiger partial charge is 0.480 e. The maximum Gasteiger partial charge on any atom is 0.317 e. The molecule has 0 amide bonds. The summed E-state index contributed by atoms with van der Waals surface area (Å²) in [4.78, 5) is 18.7. The van der Waals surface area contributed by atoms with Crippen molar-refractivity contribution in [3.05, 3.63) is 18.1 Å². The van der Waals surface area contributed by atoms with Crippen LogP contribution in [-0.2, 0) is 4.79 Å². The molecule has 0 bridgehead atoms. The summed E-state index contributed by atoms with van der Waals surface area (Å²) >= 11 is 1.26. The number of aliphatic carboxylic acids is 1. The number of carboxylic acids is 1. The van der Waals surface area contributed by atoms with Gasteiger partial charge in [-0.2, -0.15) is 0 Å². The highest BCUT2D eigenvalue weighted by Gasteiger charge is 2.16. The summed E-state index contributed by atoms with van der Waals surface area (Å²) in [6, 6.07) is 1.79. The highest BCUT2D eigenvalue weighted by atomic mass is 32.2. The maximum absolute atomic E-state index is 10.8. The minimum atomic E-state index is -0.797. The first-order valence-corrected chi connectivity index (χ1v) is 5.19. The molecule has 1 aromatic rings. The van der Waals surface area contributed by atoms with Gasteiger partial charge in [0.15, 0.2) is 0 Å². The van der Waals surface area contributed by atoms with E-state index in [1.54, 1.807) is 6.07 Å². The molecule has 1 N–H and O–H groups in total. The zero-order chi connectivity index (χ0) is 10.6. The summed E-state index contributed by atoms with van der Waals surface area (Å²) in [5.74, 6) is -0.797. The lowest BCUT2D eigenvalue weighted by atomic mass is 10.3. The standard InChI is InChI=1S/C9H12N2O2S/c1-3-7(9(12)13)14-8-4-6(2)10-5-11-8/h4-5,7H,3H2,1-2H3,(H,12,13). The minimum Gasteiger partial charge on any atom is -0.480 e. The van der Waals surface area contributed by atoms with Crippen LogP contribution in [0.25, 0.3) is 0 Å². The first kappa shape index (κ1) is 11.0. The van der Waals surface area contributed by atoms with E-state index in [1.807, 2.05) is 13.8 Å². The van der Waals surface area contributed by atoms with E-state index in [9.17, 15) is 4.79 Å². The maximum atomic E-state index is 10.8. The fourth-order valence-corrected chi connectivity index (χ4v) is 1.85. The van der Waals surface area contributed by atoms with Crippen LogP contribution in [-0.4, -0.2) is 26.3 Å². The fraction of sp³-hybridized carbons (Fsp3) is 0.444. The van der Waals surface area contributed by atoms with Crippen LogP contribution in [0.1, 0.15) is 19.0 Å². The van der Waals surface area contributed by atoms with Gasteiger partial charge in [0.25, 0.3) is 0 Å². The Bertz CT molecular complexity index is 330. The lowest BCUT2D eigenvalue weighted by Gasteiger charge is -2.07. The third-order valence-electron chi connectivity index (χ3n) is 1.69. The van der Waals surface area contributed by atoms with E-state index in [1.165, 1.54) is 18.1 Å². The number of hydrogen-bond acceptors (Lipinski definition) is 4. The Kier molecular flexibility index (Phi) is 3.88. The Labute approximate surface area is 86.8 Å². The van der Waals surface area contributed by atoms with Gasteiger partial charge in [-0.05, 0) is 19.4 Å². The molecule has 5 heteroatoms. The molecule has 0 saturated heterocycles. The Morgan fingerprint density at radius 3 is 2.86 bits per heavy atom. The average molecular weight is 212 g/mol. The second-order valence-corrected chi connectivity index (χ2v) is 4.07. The molecule has 0 fully saturated rings. The fourth-order valence-electron chi connectivity index (χ4n) is 0.949. The molecular weight excluding hydrogens is 200 g/mol. The van der Waals surface area contributed by atoms with Gasteiger partial charge >= 0.3 is 5.97 Å². The quantitative estimate of drug-likeness (QED) is 0.608. The van der Waals surface area contributed by atoms with Crippen LogP contribution in [0, 0.1) is 6.92 Å². The van der Waals surface area contributed by atoms with Crippen LogP contribution in [0.4, 0.5) is 0 Å². The third kappa shape index (κ3) is 2.99. The summed E-state index contributed by atoms with van der Waals surface area (Å²) in [6.07, 6.45) is 2.04. The molecule has 14 heavy (non-hydrogen) atoms. The first-order chi connectivity index (χ1) is 6.63. The van der Waals surface area contributed by atoms with Crippen molar-refractivity contribution in [3.8, 4) is 0 Å². The number of hydrogen-bond donors (Lipinski definition) is 1. The normalized spacial score (nSPS) is 12.4. The summed E-state index contributed by atoms with van der Waals surface area (Å²) in [7, 11) is 0. The number of rotatable bonds is 4. The van der Waals surface area contributed by atoms with Gasteiger partial charge in [-0.1, -0.05) is 18.7 Å². The van der Waals surface area contributed by atoms with Gasteiger partial charge in [0, 0.05) is 5.69 Å². The topological polar surface area (TPSA) is 63.1 Å². The van der Waals surface area contributed by atoms with E-state index in [-0.39, 0.29) is 0 Å². The molecule has 1 rings (SSSR count). The van der Waals surface area contributed by atoms with E-state index in [0.717, 1.165) is 5.69 Å². The van der Waals surface area contributed by atoms with Crippen molar-refractivity contribution < 1.29 is 9.90 Å². The van der Waals surface area contributed by atoms with Gasteiger partial charge in [-0.25, -0.2) is 9.97 Å². The molecule has 0 aliphatic rings. The lowest BCUT2D eigenvalue weighted by molar-refractivity contribution is -0.136. The Morgan fingerprint density at radius 1 is 1.64 bits per heavy atom. The highest BCUT2D eigenvalue weighted by Crippen LogP contribution is 2.23. The molecule has 0 saturated carbocycles. The Morgan fingerprint density at radius 2 is 2.36 bits per heavy atom. The first-order valence-electron chi connectivity index (χ1n) is 4.31. The van der Waals surface area contributed by atoms with Gasteiger partial charge in [-0.15, -0.1) is 0 Å². The average Bonchev–Trinajstić information content (AvgIpc) is 2.14. The molecule has 0 spiro atoms. The van der Waals surface area contributed by atoms with E-state index >= 15 is 0 Å². The zero-order valence-corrected chi connectivity index (χ0v) is 8.91. The third-order valence-corrected chi connectivity index (χ3v) is 2.97. The summed E-state index contributed by atoms with van der Waals surface area (Å²) in [5.41, 5.74) is 0.850. The van der Waals surface area contributed by atoms with Crippen LogP contribution < -0.4 is 0 Å². The Hall–Kier alpha value is -1.10. The highest BCUT2D eigenvalue weighted by molar-refractivity contribution is 8.00. The lowest BCUT2D eigenvalue weighted by Crippen LogP contribution is -2.14. The number of carboxylic acid groups (broad SMARTS) is 1. The smallest absolute Gasteiger partial charge is 0.317 e. The van der Waals surface area contributed by atoms with Crippen molar-refractivity contribution in [2.75, 3.05) is 0 Å². The van der Waals surface area contributed by atoms with Gasteiger partial charge in [0.2, 0.25) is 0 Å². The van der Waals surface area contributed by atoms with Crippen LogP contribution in [0.2, 0.25) is 0 Å². The molecule has 1 aromatic heterocycles. The van der Waals surface area contributed by atoms with Crippen molar-refractivity contribution in [3.63, 3.8) is 0 Å². The van der Waals surface area contributed by atoms with E-state index in [2.05, 4.69) is 9.97 Å². The predicted molar refractivity (Wildman–Crippen MR) is 54.3 cm³/mol.